The normalized spacial score (nSPS) is 11.0. The maximum atomic E-state index is 14.5. The van der Waals surface area contributed by atoms with Crippen molar-refractivity contribution >= 4 is 22.7 Å². The predicted octanol–water partition coefficient (Wildman–Crippen LogP) is 5.13. The second-order valence-corrected chi connectivity index (χ2v) is 7.22. The van der Waals surface area contributed by atoms with E-state index in [2.05, 4.69) is 11.1 Å². The minimum Gasteiger partial charge on any atom is -0.268 e. The van der Waals surface area contributed by atoms with Crippen LogP contribution in [0.2, 0.25) is 0 Å². The lowest BCUT2D eigenvalue weighted by atomic mass is 10.2. The van der Waals surface area contributed by atoms with Crippen molar-refractivity contribution in [2.24, 2.45) is 0 Å². The molecule has 0 bridgehead atoms. The predicted molar refractivity (Wildman–Crippen MR) is 108 cm³/mol. The summed E-state index contributed by atoms with van der Waals surface area (Å²) in [5.74, 6) is 0.190. The second-order valence-electron chi connectivity index (χ2n) is 6.28. The third kappa shape index (κ3) is 3.51. The first-order valence-corrected chi connectivity index (χ1v) is 9.57. The minimum atomic E-state index is -0.450. The molecule has 0 aliphatic heterocycles. The standard InChI is InChI=1S/C22H17FN2OS/c1-15-7-6-8-16(13-15)14-27-22-24-19-11-4-2-9-17(19)21(26)25(22)20-12-5-3-10-18(20)23/h2-13H,14H2,1H3. The topological polar surface area (TPSA) is 34.9 Å². The van der Waals surface area contributed by atoms with E-state index < -0.39 is 5.82 Å². The van der Waals surface area contributed by atoms with Crippen LogP contribution in [0.15, 0.2) is 82.7 Å². The molecule has 0 atom stereocenters. The highest BCUT2D eigenvalue weighted by Crippen LogP contribution is 2.25. The SMILES string of the molecule is Cc1cccc(CSc2nc3ccccc3c(=O)n2-c2ccccc2F)c1. The van der Waals surface area contributed by atoms with E-state index in [1.54, 1.807) is 36.4 Å². The minimum absolute atomic E-state index is 0.215. The number of halogens is 1. The Hall–Kier alpha value is -2.92. The molecule has 0 aliphatic rings. The van der Waals surface area contributed by atoms with Crippen molar-refractivity contribution in [2.45, 2.75) is 17.8 Å². The van der Waals surface area contributed by atoms with Crippen LogP contribution in [0.4, 0.5) is 4.39 Å². The van der Waals surface area contributed by atoms with Gasteiger partial charge in [-0.2, -0.15) is 0 Å². The average molecular weight is 376 g/mol. The maximum Gasteiger partial charge on any atom is 0.266 e. The third-order valence-electron chi connectivity index (χ3n) is 4.29. The Balaban J connectivity index is 1.86. The molecular weight excluding hydrogens is 359 g/mol. The van der Waals surface area contributed by atoms with E-state index in [0.717, 1.165) is 5.56 Å². The van der Waals surface area contributed by atoms with Gasteiger partial charge in [0.15, 0.2) is 5.16 Å². The fourth-order valence-electron chi connectivity index (χ4n) is 3.00. The molecular formula is C22H17FN2OS. The van der Waals surface area contributed by atoms with Gasteiger partial charge >= 0.3 is 0 Å². The Labute approximate surface area is 160 Å². The van der Waals surface area contributed by atoms with Crippen LogP contribution >= 0.6 is 11.8 Å². The number of nitrogens with zero attached hydrogens (tertiary/aromatic N) is 2. The van der Waals surface area contributed by atoms with Crippen LogP contribution in [-0.4, -0.2) is 9.55 Å². The lowest BCUT2D eigenvalue weighted by Gasteiger charge is -2.14. The monoisotopic (exact) mass is 376 g/mol. The highest BCUT2D eigenvalue weighted by atomic mass is 32.2. The highest BCUT2D eigenvalue weighted by Gasteiger charge is 2.15. The Morgan fingerprint density at radius 3 is 2.59 bits per heavy atom. The summed E-state index contributed by atoms with van der Waals surface area (Å²) in [5.41, 5.74) is 2.86. The third-order valence-corrected chi connectivity index (χ3v) is 5.30. The summed E-state index contributed by atoms with van der Waals surface area (Å²) in [6.07, 6.45) is 0. The van der Waals surface area contributed by atoms with Crippen LogP contribution < -0.4 is 5.56 Å². The van der Waals surface area contributed by atoms with Gasteiger partial charge in [-0.25, -0.2) is 9.37 Å². The zero-order chi connectivity index (χ0) is 18.8. The number of rotatable bonds is 4. The molecule has 0 spiro atoms. The van der Waals surface area contributed by atoms with Gasteiger partial charge in [0, 0.05) is 5.75 Å². The van der Waals surface area contributed by atoms with Gasteiger partial charge in [-0.3, -0.25) is 9.36 Å². The van der Waals surface area contributed by atoms with Crippen LogP contribution in [0.5, 0.6) is 0 Å². The number of aromatic nitrogens is 2. The summed E-state index contributed by atoms with van der Waals surface area (Å²) in [6.45, 7) is 2.04. The summed E-state index contributed by atoms with van der Waals surface area (Å²) >= 11 is 1.43. The van der Waals surface area contributed by atoms with Gasteiger partial charge in [0.05, 0.1) is 16.6 Å². The van der Waals surface area contributed by atoms with Gasteiger partial charge in [0.2, 0.25) is 0 Å². The molecule has 1 heterocycles. The molecule has 0 aliphatic carbocycles. The van der Waals surface area contributed by atoms with Crippen LogP contribution in [0.1, 0.15) is 11.1 Å². The highest BCUT2D eigenvalue weighted by molar-refractivity contribution is 7.98. The summed E-state index contributed by atoms with van der Waals surface area (Å²) in [6, 6.07) is 21.6. The van der Waals surface area contributed by atoms with Gasteiger partial charge in [-0.15, -0.1) is 0 Å². The molecule has 4 aromatic rings. The van der Waals surface area contributed by atoms with Gasteiger partial charge < -0.3 is 0 Å². The van der Waals surface area contributed by atoms with E-state index in [1.165, 1.54) is 28.0 Å². The lowest BCUT2D eigenvalue weighted by Crippen LogP contribution is -2.22. The number of thioether (sulfide) groups is 1. The van der Waals surface area contributed by atoms with E-state index in [-0.39, 0.29) is 11.2 Å². The molecule has 134 valence electrons. The van der Waals surface area contributed by atoms with E-state index in [0.29, 0.717) is 21.8 Å². The van der Waals surface area contributed by atoms with Crippen molar-refractivity contribution in [1.29, 1.82) is 0 Å². The zero-order valence-corrected chi connectivity index (χ0v) is 15.5. The summed E-state index contributed by atoms with van der Waals surface area (Å²) < 4.78 is 15.8. The van der Waals surface area contributed by atoms with Crippen molar-refractivity contribution in [3.63, 3.8) is 0 Å². The Morgan fingerprint density at radius 2 is 1.78 bits per heavy atom. The molecule has 0 saturated heterocycles. The van der Waals surface area contributed by atoms with Gasteiger partial charge in [0.1, 0.15) is 5.82 Å². The van der Waals surface area contributed by atoms with Crippen LogP contribution in [0, 0.1) is 12.7 Å². The van der Waals surface area contributed by atoms with Crippen molar-refractivity contribution in [2.75, 3.05) is 0 Å². The Kier molecular flexibility index (Phi) is 4.77. The van der Waals surface area contributed by atoms with E-state index >= 15 is 0 Å². The van der Waals surface area contributed by atoms with Crippen LogP contribution in [0.25, 0.3) is 16.6 Å². The summed E-state index contributed by atoms with van der Waals surface area (Å²) in [7, 11) is 0. The van der Waals surface area contributed by atoms with E-state index in [4.69, 9.17) is 0 Å². The molecule has 0 unspecified atom stereocenters. The Bertz CT molecular complexity index is 1190. The Morgan fingerprint density at radius 1 is 1.00 bits per heavy atom. The molecule has 1 aromatic heterocycles. The van der Waals surface area contributed by atoms with Crippen molar-refractivity contribution < 1.29 is 4.39 Å². The van der Waals surface area contributed by atoms with Crippen molar-refractivity contribution in [3.8, 4) is 5.69 Å². The fraction of sp³-hybridized carbons (Fsp3) is 0.0909. The summed E-state index contributed by atoms with van der Waals surface area (Å²) in [4.78, 5) is 17.8. The number of para-hydroxylation sites is 2. The molecule has 3 aromatic carbocycles. The lowest BCUT2D eigenvalue weighted by molar-refractivity contribution is 0.608. The molecule has 27 heavy (non-hydrogen) atoms. The molecule has 0 N–H and O–H groups in total. The molecule has 5 heteroatoms. The van der Waals surface area contributed by atoms with Crippen LogP contribution in [0.3, 0.4) is 0 Å². The van der Waals surface area contributed by atoms with E-state index in [1.807, 2.05) is 31.2 Å². The molecule has 0 radical (unpaired) electrons. The largest absolute Gasteiger partial charge is 0.268 e. The smallest absolute Gasteiger partial charge is 0.266 e. The van der Waals surface area contributed by atoms with Crippen molar-refractivity contribution in [1.82, 2.24) is 9.55 Å². The number of hydrogen-bond donors (Lipinski definition) is 0. The zero-order valence-electron chi connectivity index (χ0n) is 14.7. The molecule has 0 amide bonds. The number of hydrogen-bond acceptors (Lipinski definition) is 3. The fourth-order valence-corrected chi connectivity index (χ4v) is 3.95. The molecule has 0 fully saturated rings. The van der Waals surface area contributed by atoms with Gasteiger partial charge in [0.25, 0.3) is 5.56 Å². The first-order valence-electron chi connectivity index (χ1n) is 8.58. The second kappa shape index (κ2) is 7.37. The maximum absolute atomic E-state index is 14.5. The van der Waals surface area contributed by atoms with Gasteiger partial charge in [-0.05, 0) is 36.8 Å². The van der Waals surface area contributed by atoms with E-state index in [9.17, 15) is 9.18 Å². The number of fused-ring (bicyclic) bond motifs is 1. The summed E-state index contributed by atoms with van der Waals surface area (Å²) in [5, 5.41) is 0.950. The molecule has 4 rings (SSSR count). The molecule has 3 nitrogen and oxygen atoms in total. The first kappa shape index (κ1) is 17.5. The average Bonchev–Trinajstić information content (AvgIpc) is 2.68. The number of aryl methyl sites for hydroxylation is 1. The molecule has 0 saturated carbocycles. The first-order chi connectivity index (χ1) is 13.1. The van der Waals surface area contributed by atoms with Crippen molar-refractivity contribution in [3.05, 3.63) is 100 Å². The van der Waals surface area contributed by atoms with Crippen LogP contribution in [-0.2, 0) is 5.75 Å². The number of benzene rings is 3. The quantitative estimate of drug-likeness (QED) is 0.366. The van der Waals surface area contributed by atoms with Gasteiger partial charge in [-0.1, -0.05) is 65.9 Å².